The van der Waals surface area contributed by atoms with E-state index >= 15 is 0 Å². The van der Waals surface area contributed by atoms with E-state index in [-0.39, 0.29) is 23.1 Å². The lowest BCUT2D eigenvalue weighted by molar-refractivity contribution is -0.168. The van der Waals surface area contributed by atoms with E-state index in [4.69, 9.17) is 5.73 Å². The third-order valence-electron chi connectivity index (χ3n) is 3.35. The second kappa shape index (κ2) is 3.25. The Morgan fingerprint density at radius 2 is 1.73 bits per heavy atom. The molecule has 15 heavy (non-hydrogen) atoms. The van der Waals surface area contributed by atoms with Crippen LogP contribution in [0.1, 0.15) is 25.7 Å². The maximum absolute atomic E-state index is 12.2. The Kier molecular flexibility index (Phi) is 2.28. The monoisotopic (exact) mass is 219 g/mol. The van der Waals surface area contributed by atoms with Crippen LogP contribution in [0.15, 0.2) is 11.3 Å². The fourth-order valence-corrected chi connectivity index (χ4v) is 2.62. The van der Waals surface area contributed by atoms with Crippen LogP contribution < -0.4 is 5.73 Å². The molecule has 2 aliphatic rings. The molecule has 2 unspecified atom stereocenters. The molecule has 84 valence electrons. The van der Waals surface area contributed by atoms with Gasteiger partial charge >= 0.3 is 6.18 Å². The molecule has 0 aliphatic heterocycles. The molecule has 0 aromatic rings. The highest BCUT2D eigenvalue weighted by atomic mass is 19.4. The number of ketones is 1. The first kappa shape index (κ1) is 10.5. The van der Waals surface area contributed by atoms with Crippen molar-refractivity contribution in [2.45, 2.75) is 31.9 Å². The number of fused-ring (bicyclic) bond motifs is 1. The van der Waals surface area contributed by atoms with Crippen LogP contribution in [0.4, 0.5) is 13.2 Å². The van der Waals surface area contributed by atoms with Crippen LogP contribution in [0.3, 0.4) is 0 Å². The van der Waals surface area contributed by atoms with Gasteiger partial charge in [0, 0.05) is 17.2 Å². The van der Waals surface area contributed by atoms with Crippen molar-refractivity contribution in [1.29, 1.82) is 0 Å². The van der Waals surface area contributed by atoms with Gasteiger partial charge in [-0.3, -0.25) is 4.79 Å². The van der Waals surface area contributed by atoms with Gasteiger partial charge < -0.3 is 5.73 Å². The van der Waals surface area contributed by atoms with Gasteiger partial charge in [0.1, 0.15) is 0 Å². The lowest BCUT2D eigenvalue weighted by Crippen LogP contribution is -2.44. The minimum atomic E-state index is -4.78. The SMILES string of the molecule is NC1=C(C(=O)C(F)(F)F)C2CCCCC12. The average Bonchev–Trinajstić information content (AvgIpc) is 2.16. The van der Waals surface area contributed by atoms with Gasteiger partial charge in [-0.05, 0) is 18.8 Å². The molecule has 2 N–H and O–H groups in total. The van der Waals surface area contributed by atoms with Crippen molar-refractivity contribution in [2.24, 2.45) is 17.6 Å². The third kappa shape index (κ3) is 1.54. The van der Waals surface area contributed by atoms with Crippen molar-refractivity contribution >= 4 is 5.78 Å². The second-order valence-electron chi connectivity index (χ2n) is 4.19. The molecule has 1 saturated carbocycles. The van der Waals surface area contributed by atoms with Gasteiger partial charge in [-0.1, -0.05) is 12.8 Å². The molecule has 1 fully saturated rings. The summed E-state index contributed by atoms with van der Waals surface area (Å²) in [5.41, 5.74) is 5.56. The number of carbonyl (C=O) groups is 1. The number of hydrogen-bond donors (Lipinski definition) is 1. The van der Waals surface area contributed by atoms with E-state index in [9.17, 15) is 18.0 Å². The number of allylic oxidation sites excluding steroid dienone is 2. The first-order valence-electron chi connectivity index (χ1n) is 5.04. The lowest BCUT2D eigenvalue weighted by Gasteiger charge is -2.42. The summed E-state index contributed by atoms with van der Waals surface area (Å²) in [6, 6.07) is 0. The fourth-order valence-electron chi connectivity index (χ4n) is 2.62. The van der Waals surface area contributed by atoms with E-state index in [0.29, 0.717) is 6.42 Å². The van der Waals surface area contributed by atoms with Gasteiger partial charge in [0.2, 0.25) is 0 Å². The van der Waals surface area contributed by atoms with Crippen LogP contribution in [0, 0.1) is 11.8 Å². The normalized spacial score (nSPS) is 30.9. The van der Waals surface area contributed by atoms with E-state index < -0.39 is 12.0 Å². The average molecular weight is 219 g/mol. The number of carbonyl (C=O) groups excluding carboxylic acids is 1. The van der Waals surface area contributed by atoms with Gasteiger partial charge in [0.05, 0.1) is 0 Å². The van der Waals surface area contributed by atoms with Crippen molar-refractivity contribution in [3.8, 4) is 0 Å². The van der Waals surface area contributed by atoms with Crippen LogP contribution in [0.5, 0.6) is 0 Å². The van der Waals surface area contributed by atoms with Crippen LogP contribution in [0.2, 0.25) is 0 Å². The molecular formula is C10H12F3NO. The first-order chi connectivity index (χ1) is 6.93. The summed E-state index contributed by atoms with van der Waals surface area (Å²) in [4.78, 5) is 11.0. The first-order valence-corrected chi connectivity index (χ1v) is 5.04. The summed E-state index contributed by atoms with van der Waals surface area (Å²) in [5.74, 6) is -1.93. The summed E-state index contributed by atoms with van der Waals surface area (Å²) < 4.78 is 36.6. The summed E-state index contributed by atoms with van der Waals surface area (Å²) in [6.45, 7) is 0. The molecule has 2 aliphatic carbocycles. The molecule has 0 aromatic heterocycles. The highest BCUT2D eigenvalue weighted by Crippen LogP contribution is 2.49. The Morgan fingerprint density at radius 1 is 1.20 bits per heavy atom. The lowest BCUT2D eigenvalue weighted by atomic mass is 9.63. The number of rotatable bonds is 1. The van der Waals surface area contributed by atoms with Gasteiger partial charge in [0.15, 0.2) is 0 Å². The predicted octanol–water partition coefficient (Wildman–Crippen LogP) is 2.15. The molecule has 2 rings (SSSR count). The number of halogens is 3. The third-order valence-corrected chi connectivity index (χ3v) is 3.35. The quantitative estimate of drug-likeness (QED) is 0.734. The number of hydrogen-bond acceptors (Lipinski definition) is 2. The highest BCUT2D eigenvalue weighted by molar-refractivity contribution is 6.02. The van der Waals surface area contributed by atoms with E-state index in [1.165, 1.54) is 0 Å². The van der Waals surface area contributed by atoms with Gasteiger partial charge in [-0.2, -0.15) is 13.2 Å². The Hall–Kier alpha value is -1.00. The molecule has 2 nitrogen and oxygen atoms in total. The second-order valence-corrected chi connectivity index (χ2v) is 4.19. The molecule has 0 aromatic carbocycles. The maximum atomic E-state index is 12.2. The zero-order valence-corrected chi connectivity index (χ0v) is 8.10. The van der Waals surface area contributed by atoms with Crippen LogP contribution in [-0.4, -0.2) is 12.0 Å². The Morgan fingerprint density at radius 3 is 2.27 bits per heavy atom. The molecule has 0 spiro atoms. The van der Waals surface area contributed by atoms with Crippen molar-refractivity contribution in [3.63, 3.8) is 0 Å². The van der Waals surface area contributed by atoms with Gasteiger partial charge in [-0.15, -0.1) is 0 Å². The molecule has 0 saturated heterocycles. The van der Waals surface area contributed by atoms with E-state index in [0.717, 1.165) is 19.3 Å². The summed E-state index contributed by atoms with van der Waals surface area (Å²) in [5, 5.41) is 0. The predicted molar refractivity (Wildman–Crippen MR) is 47.7 cm³/mol. The topological polar surface area (TPSA) is 43.1 Å². The molecule has 0 radical (unpaired) electrons. The van der Waals surface area contributed by atoms with Crippen molar-refractivity contribution in [1.82, 2.24) is 0 Å². The van der Waals surface area contributed by atoms with Crippen LogP contribution in [0.25, 0.3) is 0 Å². The molecule has 0 bridgehead atoms. The van der Waals surface area contributed by atoms with E-state index in [1.54, 1.807) is 0 Å². The Labute approximate surface area is 85.3 Å². The smallest absolute Gasteiger partial charge is 0.401 e. The van der Waals surface area contributed by atoms with Crippen LogP contribution in [-0.2, 0) is 4.79 Å². The zero-order valence-electron chi connectivity index (χ0n) is 8.10. The minimum Gasteiger partial charge on any atom is -0.401 e. The van der Waals surface area contributed by atoms with E-state index in [1.807, 2.05) is 0 Å². The zero-order chi connectivity index (χ0) is 11.2. The summed E-state index contributed by atoms with van der Waals surface area (Å²) in [7, 11) is 0. The number of Topliss-reactive ketones (excluding diaryl/α,β-unsaturated/α-hetero) is 1. The van der Waals surface area contributed by atoms with Gasteiger partial charge in [0.25, 0.3) is 5.78 Å². The number of alkyl halides is 3. The maximum Gasteiger partial charge on any atom is 0.454 e. The molecule has 0 heterocycles. The largest absolute Gasteiger partial charge is 0.454 e. The molecule has 0 amide bonds. The van der Waals surface area contributed by atoms with Crippen LogP contribution >= 0.6 is 0 Å². The Bertz CT molecular complexity index is 332. The summed E-state index contributed by atoms with van der Waals surface area (Å²) in [6.07, 6.45) is -1.39. The minimum absolute atomic E-state index is 0.0278. The molecule has 2 atom stereocenters. The number of nitrogens with two attached hydrogens (primary N) is 1. The molecule has 5 heteroatoms. The standard InChI is InChI=1S/C10H12F3NO/c11-10(12,13)9(15)7-5-3-1-2-4-6(5)8(7)14/h5-6H,1-4,14H2. The Balaban J connectivity index is 2.23. The van der Waals surface area contributed by atoms with Crippen molar-refractivity contribution < 1.29 is 18.0 Å². The highest BCUT2D eigenvalue weighted by Gasteiger charge is 2.51. The summed E-state index contributed by atoms with van der Waals surface area (Å²) >= 11 is 0. The van der Waals surface area contributed by atoms with Gasteiger partial charge in [-0.25, -0.2) is 0 Å². The van der Waals surface area contributed by atoms with Crippen molar-refractivity contribution in [2.75, 3.05) is 0 Å². The molecular weight excluding hydrogens is 207 g/mol. The van der Waals surface area contributed by atoms with Crippen molar-refractivity contribution in [3.05, 3.63) is 11.3 Å². The van der Waals surface area contributed by atoms with E-state index in [2.05, 4.69) is 0 Å². The fraction of sp³-hybridized carbons (Fsp3) is 0.700.